The number of ether oxygens (including phenoxy) is 4. The van der Waals surface area contributed by atoms with E-state index >= 15 is 0 Å². The number of hydrogen-bond donors (Lipinski definition) is 1. The van der Waals surface area contributed by atoms with Crippen molar-refractivity contribution in [2.75, 3.05) is 31.7 Å². The van der Waals surface area contributed by atoms with E-state index < -0.39 is 5.97 Å². The average molecular weight is 750 g/mol. The van der Waals surface area contributed by atoms with Gasteiger partial charge in [-0.25, -0.2) is 0 Å². The van der Waals surface area contributed by atoms with Crippen LogP contribution in [0.4, 0.5) is 11.4 Å². The predicted molar refractivity (Wildman–Crippen MR) is 198 cm³/mol. The summed E-state index contributed by atoms with van der Waals surface area (Å²) >= 11 is 12.2. The number of para-hydroxylation sites is 1. The second kappa shape index (κ2) is 21.1. The third-order valence-electron chi connectivity index (χ3n) is 7.18. The fourth-order valence-corrected chi connectivity index (χ4v) is 5.46. The third kappa shape index (κ3) is 11.1. The summed E-state index contributed by atoms with van der Waals surface area (Å²) in [5, 5.41) is 17.0. The number of aromatic carboxylic acids is 1. The number of aromatic nitrogens is 1. The van der Waals surface area contributed by atoms with Gasteiger partial charge < -0.3 is 34.2 Å². The van der Waals surface area contributed by atoms with Crippen molar-refractivity contribution in [2.45, 2.75) is 41.0 Å². The van der Waals surface area contributed by atoms with Crippen molar-refractivity contribution in [2.24, 2.45) is 0 Å². The maximum atomic E-state index is 11.0. The van der Waals surface area contributed by atoms with Crippen LogP contribution in [0, 0.1) is 6.92 Å². The summed E-state index contributed by atoms with van der Waals surface area (Å²) in [4.78, 5) is 15.7. The molecule has 260 valence electrons. The summed E-state index contributed by atoms with van der Waals surface area (Å²) in [5.74, 6) is 1.78. The van der Waals surface area contributed by atoms with Crippen LogP contribution in [0.25, 0.3) is 10.8 Å². The quantitative estimate of drug-likeness (QED) is 0.141. The van der Waals surface area contributed by atoms with Gasteiger partial charge in [-0.15, -0.1) is 12.4 Å². The Morgan fingerprint density at radius 1 is 0.780 bits per heavy atom. The van der Waals surface area contributed by atoms with E-state index in [1.165, 1.54) is 6.07 Å². The molecule has 8 nitrogen and oxygen atoms in total. The molecular weight excluding hydrogens is 710 g/mol. The van der Waals surface area contributed by atoms with E-state index in [1.807, 2.05) is 71.1 Å². The Balaban J connectivity index is 0.000000361. The molecule has 5 aromatic rings. The Morgan fingerprint density at radius 2 is 1.38 bits per heavy atom. The molecule has 5 rings (SSSR count). The molecule has 0 saturated heterocycles. The Morgan fingerprint density at radius 3 is 2.02 bits per heavy atom. The van der Waals surface area contributed by atoms with Crippen molar-refractivity contribution in [1.82, 2.24) is 4.98 Å². The van der Waals surface area contributed by atoms with Crippen molar-refractivity contribution in [3.8, 4) is 23.0 Å². The first-order valence-electron chi connectivity index (χ1n) is 15.8. The van der Waals surface area contributed by atoms with Gasteiger partial charge in [-0.05, 0) is 93.6 Å². The molecule has 0 atom stereocenters. The number of nitrogens with zero attached hydrogens (tertiary/aromatic N) is 1. The Kier molecular flexibility index (Phi) is 18.1. The van der Waals surface area contributed by atoms with Crippen molar-refractivity contribution in [1.29, 1.82) is 0 Å². The van der Waals surface area contributed by atoms with E-state index in [9.17, 15) is 9.90 Å². The molecule has 0 fully saturated rings. The molecule has 1 aromatic heterocycles. The predicted octanol–water partition coefficient (Wildman–Crippen LogP) is 6.26. The third-order valence-corrected chi connectivity index (χ3v) is 7.98. The molecular formula is C38H40Cl3N2NaO6. The molecule has 0 amide bonds. The number of fused-ring (bicyclic) bond motifs is 1. The fourth-order valence-electron chi connectivity index (χ4n) is 4.99. The fraction of sp³-hybridized carbons (Fsp3) is 0.263. The molecule has 1 N–H and O–H groups in total. The van der Waals surface area contributed by atoms with Gasteiger partial charge in [-0.1, -0.05) is 53.5 Å². The van der Waals surface area contributed by atoms with Gasteiger partial charge in [0.1, 0.15) is 0 Å². The van der Waals surface area contributed by atoms with Crippen LogP contribution >= 0.6 is 35.6 Å². The number of carbonyl (C=O) groups excluding carboxylic acids is 1. The van der Waals surface area contributed by atoms with Gasteiger partial charge in [0.2, 0.25) is 0 Å². The van der Waals surface area contributed by atoms with E-state index in [0.717, 1.165) is 50.6 Å². The van der Waals surface area contributed by atoms with Crippen LogP contribution in [0.3, 0.4) is 0 Å². The van der Waals surface area contributed by atoms with Crippen molar-refractivity contribution >= 4 is 63.7 Å². The van der Waals surface area contributed by atoms with Crippen LogP contribution < -0.4 is 58.9 Å². The summed E-state index contributed by atoms with van der Waals surface area (Å²) in [6, 6.07) is 22.0. The first-order valence-corrected chi connectivity index (χ1v) is 16.5. The van der Waals surface area contributed by atoms with Crippen LogP contribution in [0.5, 0.6) is 23.0 Å². The van der Waals surface area contributed by atoms with Gasteiger partial charge in [-0.2, -0.15) is 0 Å². The molecule has 4 aromatic carbocycles. The zero-order chi connectivity index (χ0) is 34.6. The van der Waals surface area contributed by atoms with E-state index in [1.54, 1.807) is 30.3 Å². The summed E-state index contributed by atoms with van der Waals surface area (Å²) in [6.45, 7) is 12.1. The molecule has 0 radical (unpaired) electrons. The topological polar surface area (TPSA) is 102 Å². The van der Waals surface area contributed by atoms with Crippen LogP contribution in [-0.4, -0.2) is 37.4 Å². The van der Waals surface area contributed by atoms with Gasteiger partial charge in [0.15, 0.2) is 23.0 Å². The minimum absolute atomic E-state index is 0. The smallest absolute Gasteiger partial charge is 0.545 e. The number of pyridine rings is 1. The monoisotopic (exact) mass is 748 g/mol. The van der Waals surface area contributed by atoms with Crippen LogP contribution in [-0.2, 0) is 6.42 Å². The molecule has 0 bridgehead atoms. The summed E-state index contributed by atoms with van der Waals surface area (Å²) < 4.78 is 23.0. The average Bonchev–Trinajstić information content (AvgIpc) is 3.07. The van der Waals surface area contributed by atoms with Crippen LogP contribution in [0.15, 0.2) is 79.0 Å². The zero-order valence-corrected chi connectivity index (χ0v) is 33.4. The molecule has 0 saturated carbocycles. The molecule has 1 heterocycles. The van der Waals surface area contributed by atoms with Gasteiger partial charge in [0.05, 0.1) is 53.8 Å². The number of carboxylic acids is 1. The molecule has 0 unspecified atom stereocenters. The van der Waals surface area contributed by atoms with Crippen molar-refractivity contribution < 1.29 is 58.4 Å². The number of anilines is 2. The number of halogens is 3. The Bertz CT molecular complexity index is 1880. The second-order valence-corrected chi connectivity index (χ2v) is 11.3. The van der Waals surface area contributed by atoms with Crippen LogP contribution in [0.1, 0.15) is 54.9 Å². The molecule has 0 aliphatic rings. The number of rotatable bonds is 13. The number of nitrogens with one attached hydrogen (secondary N) is 1. The SMILES string of the molecule is CCOc1ccc(Cc2nccc3cc(OCC)c(OCC)cc23)cc1OCC.Cc1ccc(Cl)c(Nc2ccccc2C(=O)[O-])c1Cl.Cl.[Na+]. The number of aryl methyl sites for hydroxylation is 1. The van der Waals surface area contributed by atoms with Crippen molar-refractivity contribution in [3.05, 3.63) is 111 Å². The summed E-state index contributed by atoms with van der Waals surface area (Å²) in [7, 11) is 0. The van der Waals surface area contributed by atoms with E-state index in [0.29, 0.717) is 54.3 Å². The molecule has 0 spiro atoms. The largest absolute Gasteiger partial charge is 1.00 e. The molecule has 12 heteroatoms. The van der Waals surface area contributed by atoms with Crippen molar-refractivity contribution in [3.63, 3.8) is 0 Å². The molecule has 0 aliphatic carbocycles. The normalized spacial score (nSPS) is 10.1. The van der Waals surface area contributed by atoms with E-state index in [-0.39, 0.29) is 47.5 Å². The zero-order valence-electron chi connectivity index (χ0n) is 29.1. The van der Waals surface area contributed by atoms with E-state index in [2.05, 4.69) is 16.4 Å². The minimum Gasteiger partial charge on any atom is -0.545 e. The van der Waals surface area contributed by atoms with Gasteiger partial charge in [0, 0.05) is 29.3 Å². The maximum absolute atomic E-state index is 11.0. The standard InChI is InChI=1S/C24H29NO4.C14H11Cl2NO2.ClH.Na/c1-5-26-21-10-9-17(14-22(21)27-6-2)13-20-19-16-24(29-8-4)23(28-7-3)15-18(19)11-12-25-20;1-8-6-7-10(15)13(12(8)16)17-11-5-3-2-4-9(11)14(18)19;;/h9-12,14-16H,5-8,13H2,1-4H3;2-7,17H,1H3,(H,18,19);1H;/q;;;+1/p-1. The Hall–Kier alpha value is -3.37. The van der Waals surface area contributed by atoms with Gasteiger partial charge >= 0.3 is 29.6 Å². The van der Waals surface area contributed by atoms with Crippen LogP contribution in [0.2, 0.25) is 10.0 Å². The maximum Gasteiger partial charge on any atom is 1.00 e. The summed E-state index contributed by atoms with van der Waals surface area (Å²) in [5.41, 5.74) is 3.87. The minimum atomic E-state index is -1.26. The number of benzene rings is 4. The van der Waals surface area contributed by atoms with E-state index in [4.69, 9.17) is 42.1 Å². The van der Waals surface area contributed by atoms with Gasteiger partial charge in [0.25, 0.3) is 0 Å². The Labute approximate surface area is 332 Å². The first-order chi connectivity index (χ1) is 23.2. The molecule has 0 aliphatic heterocycles. The van der Waals surface area contributed by atoms with Gasteiger partial charge in [-0.3, -0.25) is 4.98 Å². The summed E-state index contributed by atoms with van der Waals surface area (Å²) in [6.07, 6.45) is 2.52. The first kappa shape index (κ1) is 42.8. The number of carbonyl (C=O) groups is 1. The number of carboxylic acid groups (broad SMARTS) is 1. The number of hydrogen-bond acceptors (Lipinski definition) is 8. The second-order valence-electron chi connectivity index (χ2n) is 10.5. The molecule has 50 heavy (non-hydrogen) atoms.